The number of benzene rings is 2. The highest BCUT2D eigenvalue weighted by molar-refractivity contribution is 14.1. The molecule has 0 fully saturated rings. The Bertz CT molecular complexity index is 728. The van der Waals surface area contributed by atoms with Crippen molar-refractivity contribution in [2.24, 2.45) is 0 Å². The van der Waals surface area contributed by atoms with E-state index in [0.29, 0.717) is 5.92 Å². The first-order chi connectivity index (χ1) is 11.8. The van der Waals surface area contributed by atoms with E-state index in [1.54, 1.807) is 14.2 Å². The van der Waals surface area contributed by atoms with Crippen molar-refractivity contribution in [3.8, 4) is 11.5 Å². The van der Waals surface area contributed by atoms with Gasteiger partial charge in [0, 0.05) is 10.3 Å². The van der Waals surface area contributed by atoms with Crippen molar-refractivity contribution < 1.29 is 9.47 Å². The van der Waals surface area contributed by atoms with Crippen molar-refractivity contribution in [1.82, 2.24) is 0 Å². The summed E-state index contributed by atoms with van der Waals surface area (Å²) in [5.41, 5.74) is 10.6. The molecule has 2 aromatic rings. The van der Waals surface area contributed by atoms with Crippen LogP contribution in [0.15, 0.2) is 12.1 Å². The Morgan fingerprint density at radius 1 is 0.720 bits per heavy atom. The van der Waals surface area contributed by atoms with E-state index in [9.17, 15) is 0 Å². The number of hydrogen-bond acceptors (Lipinski definition) is 2. The number of aryl methyl sites for hydroxylation is 2. The van der Waals surface area contributed by atoms with E-state index in [0.717, 1.165) is 15.9 Å². The quantitative estimate of drug-likeness (QED) is 0.402. The molecule has 0 bridgehead atoms. The summed E-state index contributed by atoms with van der Waals surface area (Å²) in [6.07, 6.45) is 0. The van der Waals surface area contributed by atoms with Gasteiger partial charge in [0.05, 0.1) is 14.2 Å². The monoisotopic (exact) mass is 452 g/mol. The van der Waals surface area contributed by atoms with E-state index in [-0.39, 0.29) is 0 Å². The maximum atomic E-state index is 5.56. The van der Waals surface area contributed by atoms with Crippen LogP contribution in [0.5, 0.6) is 11.5 Å². The standard InChI is InChI=1S/C22H29IO2/c1-12-9-19(24-7)14(3)16(5)21(12)18(11-23)22-13(2)10-20(25-8)15(4)17(22)6/h9-10,18H,11H2,1-8H3. The minimum Gasteiger partial charge on any atom is -0.496 e. The van der Waals surface area contributed by atoms with Crippen LogP contribution >= 0.6 is 22.6 Å². The molecule has 0 unspecified atom stereocenters. The number of rotatable bonds is 5. The molecule has 0 saturated heterocycles. The van der Waals surface area contributed by atoms with Crippen LogP contribution in [0.25, 0.3) is 0 Å². The summed E-state index contributed by atoms with van der Waals surface area (Å²) in [5.74, 6) is 2.32. The van der Waals surface area contributed by atoms with Gasteiger partial charge in [0.25, 0.3) is 0 Å². The summed E-state index contributed by atoms with van der Waals surface area (Å²) in [6, 6.07) is 4.36. The molecule has 0 saturated carbocycles. The summed E-state index contributed by atoms with van der Waals surface area (Å²) in [6.45, 7) is 13.1. The molecule has 2 rings (SSSR count). The van der Waals surface area contributed by atoms with Crippen molar-refractivity contribution in [1.29, 1.82) is 0 Å². The average Bonchev–Trinajstić information content (AvgIpc) is 2.59. The molecule has 0 aliphatic rings. The fraction of sp³-hybridized carbons (Fsp3) is 0.455. The Kier molecular flexibility index (Phi) is 6.41. The zero-order valence-electron chi connectivity index (χ0n) is 16.6. The normalized spacial score (nSPS) is 11.1. The topological polar surface area (TPSA) is 18.5 Å². The molecule has 0 aliphatic heterocycles. The third-order valence-electron chi connectivity index (χ3n) is 5.51. The molecule has 25 heavy (non-hydrogen) atoms. The second kappa shape index (κ2) is 7.98. The van der Waals surface area contributed by atoms with Crippen LogP contribution in [-0.4, -0.2) is 18.6 Å². The summed E-state index contributed by atoms with van der Waals surface area (Å²) in [4.78, 5) is 0. The van der Waals surface area contributed by atoms with Gasteiger partial charge >= 0.3 is 0 Å². The Labute approximate surface area is 166 Å². The summed E-state index contributed by atoms with van der Waals surface area (Å²) < 4.78 is 12.2. The Morgan fingerprint density at radius 3 is 1.36 bits per heavy atom. The lowest BCUT2D eigenvalue weighted by molar-refractivity contribution is 0.410. The Balaban J connectivity index is 2.75. The third kappa shape index (κ3) is 3.53. The van der Waals surface area contributed by atoms with E-state index in [1.165, 1.54) is 44.5 Å². The molecular weight excluding hydrogens is 423 g/mol. The first-order valence-electron chi connectivity index (χ1n) is 8.63. The van der Waals surface area contributed by atoms with Gasteiger partial charge in [-0.05, 0) is 98.2 Å². The lowest BCUT2D eigenvalue weighted by Crippen LogP contribution is -2.13. The maximum Gasteiger partial charge on any atom is 0.122 e. The smallest absolute Gasteiger partial charge is 0.122 e. The first-order valence-corrected chi connectivity index (χ1v) is 10.2. The van der Waals surface area contributed by atoms with Crippen LogP contribution in [0.2, 0.25) is 0 Å². The van der Waals surface area contributed by atoms with Crippen LogP contribution in [0.4, 0.5) is 0 Å². The SMILES string of the molecule is COc1cc(C)c(C(CI)c2c(C)cc(OC)c(C)c2C)c(C)c1C. The van der Waals surface area contributed by atoms with Gasteiger partial charge in [-0.2, -0.15) is 0 Å². The van der Waals surface area contributed by atoms with E-state index in [2.05, 4.69) is 76.3 Å². The molecule has 136 valence electrons. The molecule has 0 aliphatic carbocycles. The highest BCUT2D eigenvalue weighted by Gasteiger charge is 2.24. The summed E-state index contributed by atoms with van der Waals surface area (Å²) in [7, 11) is 3.50. The van der Waals surface area contributed by atoms with Crippen molar-refractivity contribution >= 4 is 22.6 Å². The molecule has 0 aromatic heterocycles. The lowest BCUT2D eigenvalue weighted by atomic mass is 9.80. The van der Waals surface area contributed by atoms with Gasteiger partial charge in [-0.25, -0.2) is 0 Å². The van der Waals surface area contributed by atoms with E-state index in [1.807, 2.05) is 0 Å². The summed E-state index contributed by atoms with van der Waals surface area (Å²) >= 11 is 2.52. The molecule has 0 radical (unpaired) electrons. The van der Waals surface area contributed by atoms with Crippen molar-refractivity contribution in [2.45, 2.75) is 47.5 Å². The zero-order valence-corrected chi connectivity index (χ0v) is 18.8. The minimum atomic E-state index is 0.370. The van der Waals surface area contributed by atoms with E-state index < -0.39 is 0 Å². The second-order valence-corrected chi connectivity index (χ2v) is 7.71. The van der Waals surface area contributed by atoms with Gasteiger partial charge in [0.2, 0.25) is 0 Å². The zero-order chi connectivity index (χ0) is 18.9. The molecule has 0 N–H and O–H groups in total. The fourth-order valence-electron chi connectivity index (χ4n) is 3.93. The highest BCUT2D eigenvalue weighted by atomic mass is 127. The predicted octanol–water partition coefficient (Wildman–Crippen LogP) is 6.12. The second-order valence-electron chi connectivity index (χ2n) is 6.83. The predicted molar refractivity (Wildman–Crippen MR) is 115 cm³/mol. The number of ether oxygens (including phenoxy) is 2. The molecule has 2 aromatic carbocycles. The van der Waals surface area contributed by atoms with Gasteiger partial charge in [-0.3, -0.25) is 0 Å². The molecule has 0 heterocycles. The minimum absolute atomic E-state index is 0.370. The molecule has 0 atom stereocenters. The Hall–Kier alpha value is -1.23. The number of halogens is 1. The third-order valence-corrected chi connectivity index (χ3v) is 6.39. The summed E-state index contributed by atoms with van der Waals surface area (Å²) in [5, 5.41) is 0. The van der Waals surface area contributed by atoms with Gasteiger partial charge in [-0.1, -0.05) is 22.6 Å². The van der Waals surface area contributed by atoms with Gasteiger partial charge < -0.3 is 9.47 Å². The van der Waals surface area contributed by atoms with Gasteiger partial charge in [-0.15, -0.1) is 0 Å². The number of alkyl halides is 1. The maximum absolute atomic E-state index is 5.56. The van der Waals surface area contributed by atoms with Crippen LogP contribution in [0.1, 0.15) is 50.4 Å². The van der Waals surface area contributed by atoms with Crippen molar-refractivity contribution in [3.05, 3.63) is 56.6 Å². The van der Waals surface area contributed by atoms with E-state index in [4.69, 9.17) is 9.47 Å². The number of methoxy groups -OCH3 is 2. The van der Waals surface area contributed by atoms with Crippen LogP contribution in [0.3, 0.4) is 0 Å². The lowest BCUT2D eigenvalue weighted by Gasteiger charge is -2.27. The van der Waals surface area contributed by atoms with Crippen molar-refractivity contribution in [2.75, 3.05) is 18.6 Å². The van der Waals surface area contributed by atoms with Crippen LogP contribution < -0.4 is 9.47 Å². The average molecular weight is 452 g/mol. The fourth-order valence-corrected chi connectivity index (χ4v) is 4.81. The van der Waals surface area contributed by atoms with Crippen LogP contribution in [-0.2, 0) is 0 Å². The highest BCUT2D eigenvalue weighted by Crippen LogP contribution is 2.41. The first kappa shape index (κ1) is 20.1. The Morgan fingerprint density at radius 2 is 1.08 bits per heavy atom. The van der Waals surface area contributed by atoms with Gasteiger partial charge in [0.1, 0.15) is 11.5 Å². The molecule has 3 heteroatoms. The largest absolute Gasteiger partial charge is 0.496 e. The van der Waals surface area contributed by atoms with Crippen molar-refractivity contribution in [3.63, 3.8) is 0 Å². The molecule has 2 nitrogen and oxygen atoms in total. The van der Waals surface area contributed by atoms with Crippen LogP contribution in [0, 0.1) is 41.5 Å². The molecule has 0 spiro atoms. The van der Waals surface area contributed by atoms with Gasteiger partial charge in [0.15, 0.2) is 0 Å². The molecule has 0 amide bonds. The molecular formula is C22H29IO2. The number of hydrogen-bond donors (Lipinski definition) is 0. The van der Waals surface area contributed by atoms with E-state index >= 15 is 0 Å².